The van der Waals surface area contributed by atoms with Crippen LogP contribution in [0.15, 0.2) is 0 Å². The van der Waals surface area contributed by atoms with E-state index in [1.54, 1.807) is 4.90 Å². The molecule has 0 bridgehead atoms. The molecule has 1 heterocycles. The molecule has 7 heteroatoms. The first-order valence-electron chi connectivity index (χ1n) is 8.45. The van der Waals surface area contributed by atoms with Gasteiger partial charge in [-0.3, -0.25) is 0 Å². The normalized spacial score (nSPS) is 19.3. The second-order valence-electron chi connectivity index (χ2n) is 6.46. The second-order valence-corrected chi connectivity index (χ2v) is 20.6. The van der Waals surface area contributed by atoms with Gasteiger partial charge in [-0.2, -0.15) is 0 Å². The molecule has 1 atom stereocenters. The van der Waals surface area contributed by atoms with Crippen molar-refractivity contribution in [2.45, 2.75) is 67.5 Å². The van der Waals surface area contributed by atoms with Crippen molar-refractivity contribution in [1.82, 2.24) is 4.90 Å². The van der Waals surface area contributed by atoms with Gasteiger partial charge >= 0.3 is 162 Å². The van der Waals surface area contributed by atoms with Gasteiger partial charge in [0.1, 0.15) is 0 Å². The Hall–Kier alpha value is 1.20. The van der Waals surface area contributed by atoms with Crippen LogP contribution in [0.25, 0.3) is 0 Å². The summed E-state index contributed by atoms with van der Waals surface area (Å²) in [6.45, 7) is 7.29. The first kappa shape index (κ1) is 23.2. The first-order valence-corrected chi connectivity index (χ1v) is 16.4. The molecule has 0 aromatic heterocycles. The fraction of sp³-hybridized carbons (Fsp3) is 0.933. The van der Waals surface area contributed by atoms with Gasteiger partial charge in [0.05, 0.1) is 0 Å². The standard InChI is InChI=1S/C15H32GeNO3P.Na/c1-4-16(5-2,6-3)11-13-21(19,20)14-17-12-9-7-8-10-15(17)18;/h4-14H2,1-3H3,(H,19,20);/q;+1/p-1. The summed E-state index contributed by atoms with van der Waals surface area (Å²) in [7, 11) is -3.45. The van der Waals surface area contributed by atoms with Crippen LogP contribution in [0.5, 0.6) is 0 Å². The van der Waals surface area contributed by atoms with Crippen molar-refractivity contribution in [3.05, 3.63) is 0 Å². The molecule has 0 saturated carbocycles. The summed E-state index contributed by atoms with van der Waals surface area (Å²) in [6.07, 6.45) is 3.67. The Labute approximate surface area is 160 Å². The molecule has 124 valence electrons. The second kappa shape index (κ2) is 10.9. The van der Waals surface area contributed by atoms with Crippen LogP contribution >= 0.6 is 7.37 Å². The quantitative estimate of drug-likeness (QED) is 0.441. The molecule has 0 aromatic carbocycles. The molecule has 0 radical (unpaired) electrons. The molecule has 4 nitrogen and oxygen atoms in total. The van der Waals surface area contributed by atoms with Crippen LogP contribution in [0.3, 0.4) is 0 Å². The predicted molar refractivity (Wildman–Crippen MR) is 89.5 cm³/mol. The Morgan fingerprint density at radius 1 is 1.14 bits per heavy atom. The van der Waals surface area contributed by atoms with Gasteiger partial charge in [0.25, 0.3) is 0 Å². The molecule has 1 aliphatic rings. The Morgan fingerprint density at radius 2 is 1.73 bits per heavy atom. The third-order valence-electron chi connectivity index (χ3n) is 5.29. The summed E-state index contributed by atoms with van der Waals surface area (Å²) in [5, 5.41) is 4.52. The topological polar surface area (TPSA) is 60.4 Å². The summed E-state index contributed by atoms with van der Waals surface area (Å²) in [6, 6.07) is 0. The third kappa shape index (κ3) is 7.40. The predicted octanol–water partition coefficient (Wildman–Crippen LogP) is 0.497. The summed E-state index contributed by atoms with van der Waals surface area (Å²) in [4.78, 5) is 25.9. The number of hydrogen-bond acceptors (Lipinski definition) is 3. The average Bonchev–Trinajstić information content (AvgIpc) is 2.66. The SMILES string of the molecule is C[CH2][Ge]([CH2]C)([CH2]C)[CH2]CP(=O)([O-])CN1CCCCCC1=O.[Na+]. The summed E-state index contributed by atoms with van der Waals surface area (Å²) < 4.78 is 12.4. The molecule has 1 fully saturated rings. The number of hydrogen-bond donors (Lipinski definition) is 0. The molecule has 1 rings (SSSR count). The van der Waals surface area contributed by atoms with Crippen molar-refractivity contribution in [2.24, 2.45) is 0 Å². The first-order chi connectivity index (χ1) is 9.88. The van der Waals surface area contributed by atoms with Crippen LogP contribution < -0.4 is 34.5 Å². The molecule has 1 unspecified atom stereocenters. The molecular formula is C15H31GeNNaO3P. The Morgan fingerprint density at radius 3 is 2.27 bits per heavy atom. The minimum atomic E-state index is -3.45. The van der Waals surface area contributed by atoms with E-state index < -0.39 is 20.6 Å². The van der Waals surface area contributed by atoms with Crippen molar-refractivity contribution in [3.8, 4) is 0 Å². The number of likely N-dealkylation sites (tertiary alicyclic amines) is 1. The van der Waals surface area contributed by atoms with Gasteiger partial charge in [-0.25, -0.2) is 0 Å². The van der Waals surface area contributed by atoms with Gasteiger partial charge in [0, 0.05) is 0 Å². The van der Waals surface area contributed by atoms with Crippen molar-refractivity contribution in [1.29, 1.82) is 0 Å². The third-order valence-corrected chi connectivity index (χ3v) is 20.0. The maximum Gasteiger partial charge on any atom is 1.00 e. The van der Waals surface area contributed by atoms with E-state index in [0.29, 0.717) is 19.1 Å². The molecule has 0 aliphatic carbocycles. The maximum absolute atomic E-state index is 12.4. The minimum Gasteiger partial charge on any atom is 1.00 e. The Kier molecular flexibility index (Phi) is 11.5. The van der Waals surface area contributed by atoms with E-state index >= 15 is 0 Å². The maximum atomic E-state index is 12.4. The number of rotatable bonds is 8. The van der Waals surface area contributed by atoms with E-state index in [1.165, 1.54) is 15.8 Å². The zero-order chi connectivity index (χ0) is 15.9. The zero-order valence-corrected chi connectivity index (χ0v) is 19.9. The van der Waals surface area contributed by atoms with E-state index in [2.05, 4.69) is 20.8 Å². The van der Waals surface area contributed by atoms with Crippen LogP contribution in [0.4, 0.5) is 0 Å². The van der Waals surface area contributed by atoms with Crippen molar-refractivity contribution in [3.63, 3.8) is 0 Å². The number of amides is 1. The number of carbonyl (C=O) groups excluding carboxylic acids is 1. The summed E-state index contributed by atoms with van der Waals surface area (Å²) >= 11 is -1.93. The van der Waals surface area contributed by atoms with Gasteiger partial charge in [-0.15, -0.1) is 0 Å². The Bertz CT molecular complexity index is 383. The van der Waals surface area contributed by atoms with Gasteiger partial charge in [-0.05, 0) is 0 Å². The molecule has 0 aromatic rings. The van der Waals surface area contributed by atoms with Crippen LogP contribution in [-0.2, 0) is 9.36 Å². The van der Waals surface area contributed by atoms with Crippen LogP contribution in [0.1, 0.15) is 46.5 Å². The zero-order valence-electron chi connectivity index (χ0n) is 14.9. The summed E-state index contributed by atoms with van der Waals surface area (Å²) in [5.74, 6) is 0.0258. The molecule has 22 heavy (non-hydrogen) atoms. The van der Waals surface area contributed by atoms with Gasteiger partial charge < -0.3 is 0 Å². The van der Waals surface area contributed by atoms with Gasteiger partial charge in [0.2, 0.25) is 0 Å². The Balaban J connectivity index is 0.00000441. The van der Waals surface area contributed by atoms with Crippen molar-refractivity contribution in [2.75, 3.05) is 19.0 Å². The number of carbonyl (C=O) groups is 1. The van der Waals surface area contributed by atoms with E-state index in [0.717, 1.165) is 24.5 Å². The van der Waals surface area contributed by atoms with E-state index in [9.17, 15) is 14.3 Å². The monoisotopic (exact) mass is 401 g/mol. The van der Waals surface area contributed by atoms with Crippen molar-refractivity contribution < 1.29 is 43.8 Å². The summed E-state index contributed by atoms with van der Waals surface area (Å²) in [5.41, 5.74) is 0. The molecule has 1 saturated heterocycles. The van der Waals surface area contributed by atoms with Crippen LogP contribution in [-0.4, -0.2) is 43.1 Å². The molecule has 1 aliphatic heterocycles. The number of nitrogens with zero attached hydrogens (tertiary/aromatic N) is 1. The fourth-order valence-electron chi connectivity index (χ4n) is 3.21. The molecule has 0 spiro atoms. The smallest absolute Gasteiger partial charge is 1.00 e. The van der Waals surface area contributed by atoms with E-state index in [-0.39, 0.29) is 41.8 Å². The molecule has 1 amide bonds. The van der Waals surface area contributed by atoms with Crippen molar-refractivity contribution >= 4 is 26.5 Å². The van der Waals surface area contributed by atoms with Crippen LogP contribution in [0, 0.1) is 0 Å². The van der Waals surface area contributed by atoms with Gasteiger partial charge in [-0.1, -0.05) is 0 Å². The molecule has 0 N–H and O–H groups in total. The minimum absolute atomic E-state index is 0. The average molecular weight is 400 g/mol. The van der Waals surface area contributed by atoms with Gasteiger partial charge in [0.15, 0.2) is 0 Å². The molecular weight excluding hydrogens is 369 g/mol. The fourth-order valence-corrected chi connectivity index (χ4v) is 15.5. The van der Waals surface area contributed by atoms with E-state index in [4.69, 9.17) is 0 Å². The van der Waals surface area contributed by atoms with E-state index in [1.807, 2.05) is 0 Å². The van der Waals surface area contributed by atoms with Crippen LogP contribution in [0.2, 0.25) is 21.0 Å². The largest absolute Gasteiger partial charge is 1.00 e.